The van der Waals surface area contributed by atoms with Gasteiger partial charge in [-0.05, 0) is 43.9 Å². The first-order chi connectivity index (χ1) is 10.0. The molecule has 120 valence electrons. The van der Waals surface area contributed by atoms with Crippen LogP contribution in [0, 0.1) is 17.8 Å². The minimum absolute atomic E-state index is 0.0346. The summed E-state index contributed by atoms with van der Waals surface area (Å²) in [7, 11) is 1.32. The number of esters is 1. The first-order valence-corrected chi connectivity index (χ1v) is 8.87. The average Bonchev–Trinajstić information content (AvgIpc) is 3.08. The molecule has 2 saturated carbocycles. The molecule has 5 unspecified atom stereocenters. The van der Waals surface area contributed by atoms with Gasteiger partial charge in [0.15, 0.2) is 0 Å². The zero-order chi connectivity index (χ0) is 15.4. The van der Waals surface area contributed by atoms with Crippen LogP contribution < -0.4 is 11.1 Å². The van der Waals surface area contributed by atoms with Crippen LogP contribution in [0.4, 0.5) is 0 Å². The summed E-state index contributed by atoms with van der Waals surface area (Å²) in [4.78, 5) is 23.1. The minimum Gasteiger partial charge on any atom is -0.468 e. The second kappa shape index (κ2) is 7.49. The molecule has 0 radical (unpaired) electrons. The van der Waals surface area contributed by atoms with Crippen molar-refractivity contribution >= 4 is 23.6 Å². The molecule has 0 spiro atoms. The van der Waals surface area contributed by atoms with Crippen molar-refractivity contribution in [2.45, 2.75) is 44.7 Å². The summed E-state index contributed by atoms with van der Waals surface area (Å²) in [6, 6.07) is -0.404. The van der Waals surface area contributed by atoms with Crippen LogP contribution in [0.2, 0.25) is 0 Å². The Kier molecular flexibility index (Phi) is 5.93. The Morgan fingerprint density at radius 3 is 2.71 bits per heavy atom. The molecule has 1 amide bonds. The van der Waals surface area contributed by atoms with Crippen molar-refractivity contribution in [3.05, 3.63) is 0 Å². The number of nitrogens with two attached hydrogens (primary N) is 1. The van der Waals surface area contributed by atoms with Crippen LogP contribution in [-0.4, -0.2) is 42.6 Å². The predicted molar refractivity (Wildman–Crippen MR) is 83.9 cm³/mol. The Labute approximate surface area is 130 Å². The molecule has 0 heterocycles. The Bertz CT molecular complexity index is 391. The van der Waals surface area contributed by atoms with Crippen LogP contribution in [0.1, 0.15) is 32.6 Å². The summed E-state index contributed by atoms with van der Waals surface area (Å²) in [6.45, 7) is 2.12. The van der Waals surface area contributed by atoms with Crippen LogP contribution in [0.25, 0.3) is 0 Å². The van der Waals surface area contributed by atoms with Gasteiger partial charge in [-0.15, -0.1) is 11.8 Å². The van der Waals surface area contributed by atoms with Crippen molar-refractivity contribution in [3.8, 4) is 0 Å². The molecule has 2 bridgehead atoms. The van der Waals surface area contributed by atoms with E-state index in [-0.39, 0.29) is 11.9 Å². The van der Waals surface area contributed by atoms with E-state index in [2.05, 4.69) is 17.0 Å². The standard InChI is InChI=1S/C15H26N2O3S/c1-9(12-6-10-3-4-11(12)5-10)17-14(18)8-21-7-13(16)15(19)20-2/h9-13H,3-8,16H2,1-2H3,(H,17,18). The average molecular weight is 314 g/mol. The fourth-order valence-corrected chi connectivity index (χ4v) is 4.58. The van der Waals surface area contributed by atoms with Gasteiger partial charge in [0.1, 0.15) is 6.04 Å². The summed E-state index contributed by atoms with van der Waals surface area (Å²) >= 11 is 1.38. The van der Waals surface area contributed by atoms with E-state index >= 15 is 0 Å². The van der Waals surface area contributed by atoms with Crippen molar-refractivity contribution in [1.29, 1.82) is 0 Å². The van der Waals surface area contributed by atoms with Gasteiger partial charge in [0.2, 0.25) is 5.91 Å². The zero-order valence-electron chi connectivity index (χ0n) is 12.8. The van der Waals surface area contributed by atoms with E-state index in [1.807, 2.05) is 0 Å². The third-order valence-corrected chi connectivity index (χ3v) is 5.92. The van der Waals surface area contributed by atoms with E-state index in [4.69, 9.17) is 5.73 Å². The smallest absolute Gasteiger partial charge is 0.323 e. The number of methoxy groups -OCH3 is 1. The number of thioether (sulfide) groups is 1. The quantitative estimate of drug-likeness (QED) is 0.689. The third kappa shape index (κ3) is 4.36. The molecular formula is C15H26N2O3S. The zero-order valence-corrected chi connectivity index (χ0v) is 13.7. The van der Waals surface area contributed by atoms with Crippen molar-refractivity contribution in [2.75, 3.05) is 18.6 Å². The number of carbonyl (C=O) groups excluding carboxylic acids is 2. The molecule has 3 N–H and O–H groups in total. The van der Waals surface area contributed by atoms with Crippen molar-refractivity contribution in [1.82, 2.24) is 5.32 Å². The highest BCUT2D eigenvalue weighted by molar-refractivity contribution is 8.00. The summed E-state index contributed by atoms with van der Waals surface area (Å²) < 4.78 is 4.55. The van der Waals surface area contributed by atoms with Gasteiger partial charge in [0.25, 0.3) is 0 Å². The Hall–Kier alpha value is -0.750. The number of rotatable bonds is 7. The summed E-state index contributed by atoms with van der Waals surface area (Å²) in [5, 5.41) is 3.11. The van der Waals surface area contributed by atoms with E-state index in [1.54, 1.807) is 0 Å². The van der Waals surface area contributed by atoms with Gasteiger partial charge >= 0.3 is 5.97 Å². The van der Waals surface area contributed by atoms with Crippen LogP contribution in [0.15, 0.2) is 0 Å². The number of hydrogen-bond donors (Lipinski definition) is 2. The number of carbonyl (C=O) groups is 2. The molecule has 0 aliphatic heterocycles. The predicted octanol–water partition coefficient (Wildman–Crippen LogP) is 1.16. The minimum atomic E-state index is -0.657. The van der Waals surface area contributed by atoms with Crippen molar-refractivity contribution in [3.63, 3.8) is 0 Å². The van der Waals surface area contributed by atoms with Gasteiger partial charge in [0, 0.05) is 11.8 Å². The lowest BCUT2D eigenvalue weighted by molar-refractivity contribution is -0.141. The molecule has 5 atom stereocenters. The van der Waals surface area contributed by atoms with Crippen LogP contribution >= 0.6 is 11.8 Å². The largest absolute Gasteiger partial charge is 0.468 e. The maximum Gasteiger partial charge on any atom is 0.323 e. The molecule has 0 aromatic heterocycles. The molecule has 2 fully saturated rings. The highest BCUT2D eigenvalue weighted by Gasteiger charge is 2.42. The molecule has 0 aromatic rings. The van der Waals surface area contributed by atoms with E-state index in [0.717, 1.165) is 11.8 Å². The van der Waals surface area contributed by atoms with E-state index in [0.29, 0.717) is 17.4 Å². The SMILES string of the molecule is COC(=O)C(N)CSCC(=O)NC(C)C1CC2CCC1C2. The Morgan fingerprint density at radius 1 is 1.38 bits per heavy atom. The number of amides is 1. The van der Waals surface area contributed by atoms with Gasteiger partial charge in [0.05, 0.1) is 12.9 Å². The van der Waals surface area contributed by atoms with Gasteiger partial charge in [-0.3, -0.25) is 9.59 Å². The molecule has 21 heavy (non-hydrogen) atoms. The lowest BCUT2D eigenvalue weighted by atomic mass is 9.84. The van der Waals surface area contributed by atoms with Gasteiger partial charge in [-0.2, -0.15) is 0 Å². The fourth-order valence-electron chi connectivity index (χ4n) is 3.81. The normalized spacial score (nSPS) is 30.0. The molecule has 2 aliphatic carbocycles. The molecule has 5 nitrogen and oxygen atoms in total. The maximum absolute atomic E-state index is 11.9. The summed E-state index contributed by atoms with van der Waals surface area (Å²) in [6.07, 6.45) is 5.33. The molecule has 0 saturated heterocycles. The second-order valence-electron chi connectivity index (χ2n) is 6.34. The monoisotopic (exact) mass is 314 g/mol. The topological polar surface area (TPSA) is 81.4 Å². The van der Waals surface area contributed by atoms with Gasteiger partial charge < -0.3 is 15.8 Å². The second-order valence-corrected chi connectivity index (χ2v) is 7.37. The number of nitrogens with one attached hydrogen (secondary N) is 1. The fraction of sp³-hybridized carbons (Fsp3) is 0.867. The van der Waals surface area contributed by atoms with E-state index < -0.39 is 12.0 Å². The lowest BCUT2D eigenvalue weighted by Gasteiger charge is -2.28. The highest BCUT2D eigenvalue weighted by atomic mass is 32.2. The van der Waals surface area contributed by atoms with Crippen molar-refractivity contribution in [2.24, 2.45) is 23.5 Å². The number of ether oxygens (including phenoxy) is 1. The number of hydrogen-bond acceptors (Lipinski definition) is 5. The third-order valence-electron chi connectivity index (χ3n) is 4.86. The summed E-state index contributed by atoms with van der Waals surface area (Å²) in [5.41, 5.74) is 5.63. The van der Waals surface area contributed by atoms with Crippen LogP contribution in [-0.2, 0) is 14.3 Å². The first-order valence-electron chi connectivity index (χ1n) is 7.71. The molecule has 2 aliphatic rings. The molecule has 2 rings (SSSR count). The molecular weight excluding hydrogens is 288 g/mol. The van der Waals surface area contributed by atoms with Crippen LogP contribution in [0.5, 0.6) is 0 Å². The Morgan fingerprint density at radius 2 is 2.14 bits per heavy atom. The Balaban J connectivity index is 1.64. The maximum atomic E-state index is 11.9. The van der Waals surface area contributed by atoms with E-state index in [1.165, 1.54) is 44.6 Å². The lowest BCUT2D eigenvalue weighted by Crippen LogP contribution is -2.41. The van der Waals surface area contributed by atoms with Crippen LogP contribution in [0.3, 0.4) is 0 Å². The van der Waals surface area contributed by atoms with E-state index in [9.17, 15) is 9.59 Å². The van der Waals surface area contributed by atoms with Gasteiger partial charge in [-0.25, -0.2) is 0 Å². The summed E-state index contributed by atoms with van der Waals surface area (Å²) in [5.74, 6) is 2.71. The highest BCUT2D eigenvalue weighted by Crippen LogP contribution is 2.49. The van der Waals surface area contributed by atoms with Gasteiger partial charge in [-0.1, -0.05) is 6.42 Å². The molecule has 6 heteroatoms. The van der Waals surface area contributed by atoms with Crippen molar-refractivity contribution < 1.29 is 14.3 Å². The number of fused-ring (bicyclic) bond motifs is 2. The first kappa shape index (κ1) is 16.6. The molecule has 0 aromatic carbocycles.